The summed E-state index contributed by atoms with van der Waals surface area (Å²) >= 11 is 0. The summed E-state index contributed by atoms with van der Waals surface area (Å²) in [6, 6.07) is 9.02. The summed E-state index contributed by atoms with van der Waals surface area (Å²) in [5.74, 6) is -1.32. The third kappa shape index (κ3) is 4.37. The van der Waals surface area contributed by atoms with Gasteiger partial charge in [0.2, 0.25) is 0 Å². The van der Waals surface area contributed by atoms with Crippen molar-refractivity contribution in [2.45, 2.75) is 12.6 Å². The van der Waals surface area contributed by atoms with Gasteiger partial charge in [-0.15, -0.1) is 0 Å². The van der Waals surface area contributed by atoms with Crippen molar-refractivity contribution in [1.29, 1.82) is 0 Å². The monoisotopic (exact) mass is 397 g/mol. The molecule has 1 aliphatic rings. The molecule has 0 N–H and O–H groups in total. The highest BCUT2D eigenvalue weighted by molar-refractivity contribution is 5.90. The first-order chi connectivity index (χ1) is 13.3. The number of rotatable bonds is 5. The van der Waals surface area contributed by atoms with E-state index in [4.69, 9.17) is 4.74 Å². The van der Waals surface area contributed by atoms with E-state index in [1.807, 2.05) is 0 Å². The molecule has 0 saturated carbocycles. The number of carbonyl (C=O) groups excluding carboxylic acids is 1. The Bertz CT molecular complexity index is 854. The van der Waals surface area contributed by atoms with Crippen molar-refractivity contribution in [3.8, 4) is 5.75 Å². The molecule has 0 aromatic heterocycles. The van der Waals surface area contributed by atoms with Gasteiger partial charge in [-0.25, -0.2) is 9.18 Å². The average molecular weight is 397 g/mol. The Hall–Kier alpha value is -2.77. The molecular formula is C20H19F4NO3. The van der Waals surface area contributed by atoms with Crippen molar-refractivity contribution in [2.75, 3.05) is 31.7 Å². The third-order valence-corrected chi connectivity index (χ3v) is 4.66. The molecule has 1 fully saturated rings. The van der Waals surface area contributed by atoms with E-state index in [1.165, 1.54) is 43.5 Å². The van der Waals surface area contributed by atoms with Crippen molar-refractivity contribution in [1.82, 2.24) is 0 Å². The number of hydrogen-bond acceptors (Lipinski definition) is 4. The van der Waals surface area contributed by atoms with Crippen LogP contribution < -0.4 is 9.64 Å². The van der Waals surface area contributed by atoms with E-state index in [2.05, 4.69) is 4.74 Å². The highest BCUT2D eigenvalue weighted by Crippen LogP contribution is 2.36. The number of carbonyl (C=O) groups is 1. The smallest absolute Gasteiger partial charge is 0.419 e. The van der Waals surface area contributed by atoms with Gasteiger partial charge in [-0.1, -0.05) is 12.1 Å². The Morgan fingerprint density at radius 1 is 1.21 bits per heavy atom. The predicted molar refractivity (Wildman–Crippen MR) is 95.0 cm³/mol. The number of esters is 1. The van der Waals surface area contributed by atoms with Gasteiger partial charge in [0, 0.05) is 19.0 Å². The number of benzene rings is 2. The molecule has 1 saturated heterocycles. The lowest BCUT2D eigenvalue weighted by Crippen LogP contribution is -2.23. The highest BCUT2D eigenvalue weighted by Gasteiger charge is 2.34. The van der Waals surface area contributed by atoms with Crippen LogP contribution >= 0.6 is 0 Å². The second-order valence-electron chi connectivity index (χ2n) is 6.56. The van der Waals surface area contributed by atoms with E-state index in [1.54, 1.807) is 4.90 Å². The molecule has 0 amide bonds. The van der Waals surface area contributed by atoms with Gasteiger partial charge in [0.05, 0.1) is 30.5 Å². The van der Waals surface area contributed by atoms with Gasteiger partial charge < -0.3 is 14.4 Å². The first-order valence-corrected chi connectivity index (χ1v) is 8.71. The highest BCUT2D eigenvalue weighted by atomic mass is 19.4. The fourth-order valence-corrected chi connectivity index (χ4v) is 3.22. The largest absolute Gasteiger partial charge is 0.493 e. The van der Waals surface area contributed by atoms with Crippen molar-refractivity contribution < 1.29 is 31.8 Å². The van der Waals surface area contributed by atoms with Gasteiger partial charge in [0.1, 0.15) is 11.6 Å². The summed E-state index contributed by atoms with van der Waals surface area (Å²) in [6.45, 7) is 1.01. The molecule has 8 heteroatoms. The zero-order chi connectivity index (χ0) is 20.3. The first kappa shape index (κ1) is 20.0. The fourth-order valence-electron chi connectivity index (χ4n) is 3.22. The minimum absolute atomic E-state index is 0.0672. The number of alkyl halides is 3. The summed E-state index contributed by atoms with van der Waals surface area (Å²) in [4.78, 5) is 13.4. The van der Waals surface area contributed by atoms with Crippen LogP contribution in [0.3, 0.4) is 0 Å². The third-order valence-electron chi connectivity index (χ3n) is 4.66. The van der Waals surface area contributed by atoms with Crippen molar-refractivity contribution in [2.24, 2.45) is 5.92 Å². The van der Waals surface area contributed by atoms with Crippen LogP contribution in [-0.2, 0) is 10.9 Å². The number of hydrogen-bond donors (Lipinski definition) is 0. The van der Waals surface area contributed by atoms with E-state index in [9.17, 15) is 22.4 Å². The van der Waals surface area contributed by atoms with Crippen LogP contribution in [0.4, 0.5) is 23.2 Å². The number of methoxy groups -OCH3 is 1. The zero-order valence-corrected chi connectivity index (χ0v) is 15.1. The van der Waals surface area contributed by atoms with Crippen LogP contribution in [-0.4, -0.2) is 32.8 Å². The molecule has 1 heterocycles. The normalized spacial score (nSPS) is 16.9. The second kappa shape index (κ2) is 8.08. The van der Waals surface area contributed by atoms with Gasteiger partial charge in [-0.05, 0) is 36.8 Å². The van der Waals surface area contributed by atoms with E-state index >= 15 is 0 Å². The zero-order valence-electron chi connectivity index (χ0n) is 15.1. The standard InChI is InChI=1S/C20H19F4NO3/c1-27-19(26)14-6-7-16(21)17(10-14)25-9-8-13(11-25)12-28-18-5-3-2-4-15(18)20(22,23)24/h2-7,10,13H,8-9,11-12H2,1H3. The summed E-state index contributed by atoms with van der Waals surface area (Å²) in [5.41, 5.74) is -0.319. The Morgan fingerprint density at radius 3 is 2.68 bits per heavy atom. The van der Waals surface area contributed by atoms with Crippen LogP contribution in [0.1, 0.15) is 22.3 Å². The molecule has 150 valence electrons. The minimum Gasteiger partial charge on any atom is -0.493 e. The van der Waals surface area contributed by atoms with Gasteiger partial charge in [0.25, 0.3) is 0 Å². The van der Waals surface area contributed by atoms with Crippen LogP contribution in [0.25, 0.3) is 0 Å². The molecular weight excluding hydrogens is 378 g/mol. The van der Waals surface area contributed by atoms with Gasteiger partial charge in [0.15, 0.2) is 0 Å². The van der Waals surface area contributed by atoms with E-state index in [0.29, 0.717) is 19.5 Å². The number of nitrogens with zero attached hydrogens (tertiary/aromatic N) is 1. The maximum absolute atomic E-state index is 14.2. The number of anilines is 1. The molecule has 1 aliphatic heterocycles. The second-order valence-corrected chi connectivity index (χ2v) is 6.56. The number of ether oxygens (including phenoxy) is 2. The molecule has 2 aromatic carbocycles. The fraction of sp³-hybridized carbons (Fsp3) is 0.350. The Labute approximate surface area is 159 Å². The van der Waals surface area contributed by atoms with Crippen LogP contribution in [0.15, 0.2) is 42.5 Å². The van der Waals surface area contributed by atoms with Crippen molar-refractivity contribution >= 4 is 11.7 Å². The van der Waals surface area contributed by atoms with E-state index < -0.39 is 23.5 Å². The topological polar surface area (TPSA) is 38.8 Å². The molecule has 0 bridgehead atoms. The van der Waals surface area contributed by atoms with Crippen molar-refractivity contribution in [3.05, 3.63) is 59.4 Å². The Balaban J connectivity index is 1.67. The summed E-state index contributed by atoms with van der Waals surface area (Å²) in [5, 5.41) is 0. The Kier molecular flexibility index (Phi) is 5.76. The first-order valence-electron chi connectivity index (χ1n) is 8.71. The molecule has 0 aliphatic carbocycles. The predicted octanol–water partition coefficient (Wildman–Crippen LogP) is 4.54. The van der Waals surface area contributed by atoms with Crippen LogP contribution in [0.2, 0.25) is 0 Å². The van der Waals surface area contributed by atoms with Crippen LogP contribution in [0, 0.1) is 11.7 Å². The van der Waals surface area contributed by atoms with Crippen molar-refractivity contribution in [3.63, 3.8) is 0 Å². The molecule has 1 unspecified atom stereocenters. The Morgan fingerprint density at radius 2 is 1.96 bits per heavy atom. The van der Waals surface area contributed by atoms with Gasteiger partial charge in [-0.2, -0.15) is 13.2 Å². The molecule has 3 rings (SSSR count). The van der Waals surface area contributed by atoms with Crippen LogP contribution in [0.5, 0.6) is 5.75 Å². The SMILES string of the molecule is COC(=O)c1ccc(F)c(N2CCC(COc3ccccc3C(F)(F)F)C2)c1. The maximum Gasteiger partial charge on any atom is 0.419 e. The lowest BCUT2D eigenvalue weighted by atomic mass is 10.1. The lowest BCUT2D eigenvalue weighted by Gasteiger charge is -2.20. The molecule has 0 spiro atoms. The summed E-state index contributed by atoms with van der Waals surface area (Å²) in [7, 11) is 1.24. The number of para-hydroxylation sites is 1. The molecule has 0 radical (unpaired) electrons. The number of halogens is 4. The van der Waals surface area contributed by atoms with E-state index in [0.717, 1.165) is 6.07 Å². The minimum atomic E-state index is -4.49. The van der Waals surface area contributed by atoms with Gasteiger partial charge >= 0.3 is 12.1 Å². The summed E-state index contributed by atoms with van der Waals surface area (Å²) in [6.07, 6.45) is -3.86. The lowest BCUT2D eigenvalue weighted by molar-refractivity contribution is -0.139. The van der Waals surface area contributed by atoms with E-state index in [-0.39, 0.29) is 29.5 Å². The quantitative estimate of drug-likeness (QED) is 0.549. The maximum atomic E-state index is 14.2. The average Bonchev–Trinajstić information content (AvgIpc) is 3.14. The molecule has 28 heavy (non-hydrogen) atoms. The molecule has 4 nitrogen and oxygen atoms in total. The molecule has 1 atom stereocenters. The summed E-state index contributed by atoms with van der Waals surface area (Å²) < 4.78 is 63.4. The van der Waals surface area contributed by atoms with Gasteiger partial charge in [-0.3, -0.25) is 0 Å². The molecule has 2 aromatic rings.